The predicted octanol–water partition coefficient (Wildman–Crippen LogP) is 4.29. The van der Waals surface area contributed by atoms with E-state index in [1.165, 1.54) is 0 Å². The third-order valence-corrected chi connectivity index (χ3v) is 7.65. The van der Waals surface area contributed by atoms with E-state index in [9.17, 15) is 4.57 Å². The highest BCUT2D eigenvalue weighted by Crippen LogP contribution is 2.61. The molecule has 3 fully saturated rings. The van der Waals surface area contributed by atoms with Crippen LogP contribution in [-0.2, 0) is 27.8 Å². The topological polar surface area (TPSA) is 66.5 Å². The van der Waals surface area contributed by atoms with E-state index in [1.54, 1.807) is 0 Å². The maximum Gasteiger partial charge on any atom is 0.409 e. The first-order valence-electron chi connectivity index (χ1n) is 10.1. The minimum Gasteiger partial charge on any atom is -0.341 e. The average molecular weight is 426 g/mol. The summed E-state index contributed by atoms with van der Waals surface area (Å²) in [7, 11) is -3.49. The highest BCUT2D eigenvalue weighted by Gasteiger charge is 2.62. The summed E-state index contributed by atoms with van der Waals surface area (Å²) in [4.78, 5) is 0. The van der Waals surface area contributed by atoms with Crippen LogP contribution in [0.4, 0.5) is 0 Å². The van der Waals surface area contributed by atoms with E-state index in [-0.39, 0.29) is 5.88 Å². The van der Waals surface area contributed by atoms with Crippen LogP contribution < -0.4 is 0 Å². The molecule has 2 unspecified atom stereocenters. The summed E-state index contributed by atoms with van der Waals surface area (Å²) in [6.45, 7) is 9.27. The van der Waals surface area contributed by atoms with Crippen molar-refractivity contribution in [3.05, 3.63) is 0 Å². The highest BCUT2D eigenvalue weighted by molar-refractivity contribution is 7.51. The Balaban J connectivity index is 1.78. The molecule has 7 nitrogen and oxygen atoms in total. The molecule has 0 aromatic heterocycles. The molecule has 3 aliphatic rings. The quantitative estimate of drug-likeness (QED) is 0.310. The van der Waals surface area contributed by atoms with E-state index >= 15 is 0 Å². The number of ether oxygens (including phenoxy) is 3. The molecule has 158 valence electrons. The van der Waals surface area contributed by atoms with Gasteiger partial charge >= 0.3 is 7.75 Å². The van der Waals surface area contributed by atoms with Gasteiger partial charge < -0.3 is 14.2 Å². The molecule has 6 atom stereocenters. The van der Waals surface area contributed by atoms with Gasteiger partial charge in [-0.15, -0.1) is 11.6 Å². The molecule has 3 aliphatic heterocycles. The lowest BCUT2D eigenvalue weighted by molar-refractivity contribution is -0.228. The molecule has 3 rings (SSSR count). The van der Waals surface area contributed by atoms with Crippen LogP contribution in [0.2, 0.25) is 0 Å². The van der Waals surface area contributed by atoms with Gasteiger partial charge in [-0.25, -0.2) is 9.24 Å². The number of hydrogen-bond donors (Lipinski definition) is 0. The average Bonchev–Trinajstić information content (AvgIpc) is 3.09. The van der Waals surface area contributed by atoms with E-state index in [2.05, 4.69) is 13.8 Å². The normalized spacial score (nSPS) is 40.3. The molecule has 0 amide bonds. The van der Waals surface area contributed by atoms with Crippen molar-refractivity contribution < 1.29 is 27.8 Å². The summed E-state index contributed by atoms with van der Waals surface area (Å²) in [6, 6.07) is 0. The summed E-state index contributed by atoms with van der Waals surface area (Å²) in [5.74, 6) is -0.584. The number of unbranched alkanes of at least 4 members (excludes halogenated alkanes) is 3. The van der Waals surface area contributed by atoms with Crippen molar-refractivity contribution in [1.29, 1.82) is 0 Å². The lowest BCUT2D eigenvalue weighted by Gasteiger charge is -2.42. The zero-order valence-electron chi connectivity index (χ0n) is 16.8. The van der Waals surface area contributed by atoms with Gasteiger partial charge in [0.1, 0.15) is 24.4 Å². The molecule has 0 aliphatic carbocycles. The highest BCUT2D eigenvalue weighted by atomic mass is 35.5. The van der Waals surface area contributed by atoms with Gasteiger partial charge in [-0.05, 0) is 26.7 Å². The van der Waals surface area contributed by atoms with Crippen LogP contribution in [0.3, 0.4) is 0 Å². The van der Waals surface area contributed by atoms with Crippen molar-refractivity contribution in [2.24, 2.45) is 0 Å². The number of rotatable bonds is 9. The third-order valence-electron chi connectivity index (χ3n) is 5.20. The summed E-state index contributed by atoms with van der Waals surface area (Å²) in [5.41, 5.74) is 0. The minimum atomic E-state index is -3.49. The van der Waals surface area contributed by atoms with Gasteiger partial charge in [-0.2, -0.15) is 0 Å². The second kappa shape index (κ2) is 8.97. The lowest BCUT2D eigenvalue weighted by atomic mass is 10.1. The molecule has 27 heavy (non-hydrogen) atoms. The van der Waals surface area contributed by atoms with Gasteiger partial charge in [0.05, 0.1) is 5.88 Å². The van der Waals surface area contributed by atoms with Gasteiger partial charge in [-0.3, -0.25) is 9.05 Å². The standard InChI is InChI=1S/C18H33ClNO6P/c1-5-7-9-11-20(10-8-6-2)27(21)25-13(12-19)14-15(26-27)16-17(22-14)24-18(3,4)23-16/h13-17H,5-12H2,1-4H3/t13?,14-,15+,16-,17-,27?/m1/s1. The van der Waals surface area contributed by atoms with E-state index in [1.807, 2.05) is 18.5 Å². The van der Waals surface area contributed by atoms with Crippen LogP contribution >= 0.6 is 19.3 Å². The number of alkyl halides is 1. The van der Waals surface area contributed by atoms with Crippen LogP contribution in [0.15, 0.2) is 0 Å². The van der Waals surface area contributed by atoms with Crippen LogP contribution in [0.25, 0.3) is 0 Å². The molecule has 0 aromatic carbocycles. The van der Waals surface area contributed by atoms with E-state index in [0.717, 1.165) is 32.1 Å². The molecule has 0 spiro atoms. The van der Waals surface area contributed by atoms with Crippen molar-refractivity contribution in [2.75, 3.05) is 19.0 Å². The molecule has 0 N–H and O–H groups in total. The molecule has 0 radical (unpaired) electrons. The Morgan fingerprint density at radius 3 is 2.33 bits per heavy atom. The molecule has 3 saturated heterocycles. The van der Waals surface area contributed by atoms with Crippen LogP contribution in [0.5, 0.6) is 0 Å². The number of hydrogen-bond acceptors (Lipinski definition) is 6. The number of halogens is 1. The largest absolute Gasteiger partial charge is 0.409 e. The second-order valence-corrected chi connectivity index (χ2v) is 10.2. The zero-order valence-corrected chi connectivity index (χ0v) is 18.4. The third kappa shape index (κ3) is 4.72. The van der Waals surface area contributed by atoms with E-state index in [4.69, 9.17) is 34.9 Å². The summed E-state index contributed by atoms with van der Waals surface area (Å²) in [6.07, 6.45) is 2.59. The van der Waals surface area contributed by atoms with Crippen LogP contribution in [-0.4, -0.2) is 60.1 Å². The fourth-order valence-electron chi connectivity index (χ4n) is 3.82. The molecular weight excluding hydrogens is 393 g/mol. The van der Waals surface area contributed by atoms with Crippen molar-refractivity contribution in [3.8, 4) is 0 Å². The van der Waals surface area contributed by atoms with Gasteiger partial charge in [0, 0.05) is 13.1 Å². The first-order chi connectivity index (χ1) is 12.8. The molecule has 0 aromatic rings. The van der Waals surface area contributed by atoms with Crippen molar-refractivity contribution in [3.63, 3.8) is 0 Å². The van der Waals surface area contributed by atoms with Gasteiger partial charge in [-0.1, -0.05) is 33.1 Å². The predicted molar refractivity (Wildman–Crippen MR) is 103 cm³/mol. The molecule has 3 heterocycles. The maximum atomic E-state index is 13.8. The molecular formula is C18H33ClNO6P. The second-order valence-electron chi connectivity index (χ2n) is 7.92. The fraction of sp³-hybridized carbons (Fsp3) is 1.00. The maximum absolute atomic E-state index is 13.8. The smallest absolute Gasteiger partial charge is 0.341 e. The Hall–Kier alpha value is 0.280. The Bertz CT molecular complexity index is 550. The first-order valence-corrected chi connectivity index (χ1v) is 12.2. The van der Waals surface area contributed by atoms with Crippen molar-refractivity contribution >= 4 is 19.3 Å². The molecule has 9 heteroatoms. The Labute approximate surface area is 167 Å². The van der Waals surface area contributed by atoms with E-state index in [0.29, 0.717) is 13.1 Å². The lowest BCUT2D eigenvalue weighted by Crippen LogP contribution is -2.49. The SMILES string of the molecule is CCCCCN(CCCC)P1(=O)OC(CCl)[C@H]2O[C@@H]3OC(C)(C)O[C@@H]3[C@H]2O1. The Morgan fingerprint density at radius 2 is 1.67 bits per heavy atom. The van der Waals surface area contributed by atoms with Gasteiger partial charge in [0.25, 0.3) is 0 Å². The fourth-order valence-corrected chi connectivity index (χ4v) is 6.32. The zero-order chi connectivity index (χ0) is 19.7. The monoisotopic (exact) mass is 425 g/mol. The van der Waals surface area contributed by atoms with Crippen LogP contribution in [0.1, 0.15) is 59.8 Å². The summed E-state index contributed by atoms with van der Waals surface area (Å²) >= 11 is 6.14. The number of fused-ring (bicyclic) bond motifs is 3. The summed E-state index contributed by atoms with van der Waals surface area (Å²) < 4.78 is 45.4. The molecule has 0 bridgehead atoms. The number of nitrogens with zero attached hydrogens (tertiary/aromatic N) is 1. The Morgan fingerprint density at radius 1 is 0.963 bits per heavy atom. The Kier molecular flexibility index (Phi) is 7.30. The van der Waals surface area contributed by atoms with Crippen molar-refractivity contribution in [1.82, 2.24) is 4.67 Å². The first kappa shape index (κ1) is 22.0. The van der Waals surface area contributed by atoms with Crippen molar-refractivity contribution in [2.45, 2.75) is 96.3 Å². The van der Waals surface area contributed by atoms with Gasteiger partial charge in [0.15, 0.2) is 12.1 Å². The van der Waals surface area contributed by atoms with Crippen LogP contribution in [0, 0.1) is 0 Å². The van der Waals surface area contributed by atoms with Gasteiger partial charge in [0.2, 0.25) is 0 Å². The summed E-state index contributed by atoms with van der Waals surface area (Å²) in [5, 5.41) is 0. The van der Waals surface area contributed by atoms with E-state index < -0.39 is 44.2 Å². The minimum absolute atomic E-state index is 0.175. The molecule has 0 saturated carbocycles.